The quantitative estimate of drug-likeness (QED) is 0.649. The highest BCUT2D eigenvalue weighted by molar-refractivity contribution is 8.18. The summed E-state index contributed by atoms with van der Waals surface area (Å²) in [5.74, 6) is 0.730. The number of aliphatic imine (C=N–C) groups is 1. The molecule has 1 fully saturated rings. The van der Waals surface area contributed by atoms with Crippen molar-refractivity contribution in [2.45, 2.75) is 13.3 Å². The molecule has 0 unspecified atom stereocenters. The smallest absolute Gasteiger partial charge is 0.266 e. The first-order chi connectivity index (χ1) is 12.6. The van der Waals surface area contributed by atoms with Crippen molar-refractivity contribution in [1.82, 2.24) is 4.90 Å². The molecule has 0 radical (unpaired) electrons. The lowest BCUT2D eigenvalue weighted by Crippen LogP contribution is -2.23. The topological polar surface area (TPSA) is 41.9 Å². The van der Waals surface area contributed by atoms with Gasteiger partial charge in [-0.2, -0.15) is 0 Å². The van der Waals surface area contributed by atoms with Gasteiger partial charge in [0.25, 0.3) is 5.91 Å². The second-order valence-electron chi connectivity index (χ2n) is 5.77. The first-order valence-electron chi connectivity index (χ1n) is 8.31. The van der Waals surface area contributed by atoms with Gasteiger partial charge in [-0.05, 0) is 60.2 Å². The monoisotopic (exact) mass is 386 g/mol. The van der Waals surface area contributed by atoms with E-state index in [1.807, 2.05) is 42.5 Å². The third-order valence-corrected chi connectivity index (χ3v) is 4.96. The molecule has 1 aliphatic heterocycles. The third kappa shape index (κ3) is 4.48. The minimum atomic E-state index is -0.0735. The highest BCUT2D eigenvalue weighted by Gasteiger charge is 2.30. The van der Waals surface area contributed by atoms with Crippen LogP contribution < -0.4 is 4.74 Å². The maximum atomic E-state index is 12.5. The van der Waals surface area contributed by atoms with E-state index in [1.165, 1.54) is 11.8 Å². The standard InChI is InChI=1S/C20H19ClN2O2S/c1-3-10-25-17-9-4-6-14(11-17)12-18-19(24)23(2)20(26-18)22-16-8-5-7-15(21)13-16/h4-9,11-13H,3,10H2,1-2H3/b18-12+,22-20?. The summed E-state index contributed by atoms with van der Waals surface area (Å²) in [7, 11) is 1.72. The molecule has 1 saturated heterocycles. The van der Waals surface area contributed by atoms with E-state index in [9.17, 15) is 4.79 Å². The van der Waals surface area contributed by atoms with Crippen molar-refractivity contribution in [3.63, 3.8) is 0 Å². The maximum absolute atomic E-state index is 12.5. The zero-order valence-electron chi connectivity index (χ0n) is 14.6. The van der Waals surface area contributed by atoms with E-state index in [2.05, 4.69) is 11.9 Å². The molecule has 0 bridgehead atoms. The molecule has 1 aliphatic rings. The van der Waals surface area contributed by atoms with Gasteiger partial charge in [-0.15, -0.1) is 0 Å². The zero-order valence-corrected chi connectivity index (χ0v) is 16.2. The number of benzene rings is 2. The number of hydrogen-bond acceptors (Lipinski definition) is 4. The van der Waals surface area contributed by atoms with E-state index in [0.717, 1.165) is 23.4 Å². The fourth-order valence-corrected chi connectivity index (χ4v) is 3.54. The number of likely N-dealkylation sites (N-methyl/N-ethyl adjacent to an activating group) is 1. The fraction of sp³-hybridized carbons (Fsp3) is 0.200. The van der Waals surface area contributed by atoms with Gasteiger partial charge >= 0.3 is 0 Å². The Morgan fingerprint density at radius 3 is 2.81 bits per heavy atom. The van der Waals surface area contributed by atoms with Gasteiger partial charge in [-0.25, -0.2) is 4.99 Å². The number of hydrogen-bond donors (Lipinski definition) is 0. The molecule has 134 valence electrons. The van der Waals surface area contributed by atoms with Crippen LogP contribution in [0.15, 0.2) is 58.4 Å². The Kier molecular flexibility index (Phi) is 6.01. The average molecular weight is 387 g/mol. The lowest BCUT2D eigenvalue weighted by Gasteiger charge is -2.07. The number of amides is 1. The van der Waals surface area contributed by atoms with Crippen molar-refractivity contribution < 1.29 is 9.53 Å². The molecule has 0 aliphatic carbocycles. The SMILES string of the molecule is CCCOc1cccc(/C=C2/SC(=Nc3cccc(Cl)c3)N(C)C2=O)c1. The van der Waals surface area contributed by atoms with Crippen molar-refractivity contribution in [2.75, 3.05) is 13.7 Å². The number of halogens is 1. The van der Waals surface area contributed by atoms with E-state index in [0.29, 0.717) is 21.7 Å². The van der Waals surface area contributed by atoms with Gasteiger partial charge in [0.15, 0.2) is 5.17 Å². The molecule has 2 aromatic rings. The summed E-state index contributed by atoms with van der Waals surface area (Å²) in [4.78, 5) is 19.2. The Balaban J connectivity index is 1.83. The highest BCUT2D eigenvalue weighted by atomic mass is 35.5. The molecule has 6 heteroatoms. The van der Waals surface area contributed by atoms with Crippen LogP contribution in [0.2, 0.25) is 5.02 Å². The minimum absolute atomic E-state index is 0.0735. The van der Waals surface area contributed by atoms with E-state index in [1.54, 1.807) is 24.1 Å². The van der Waals surface area contributed by atoms with Crippen LogP contribution in [0.25, 0.3) is 6.08 Å². The minimum Gasteiger partial charge on any atom is -0.494 e. The lowest BCUT2D eigenvalue weighted by molar-refractivity contribution is -0.121. The summed E-state index contributed by atoms with van der Waals surface area (Å²) in [5, 5.41) is 1.24. The van der Waals surface area contributed by atoms with Crippen LogP contribution >= 0.6 is 23.4 Å². The number of rotatable bonds is 5. The van der Waals surface area contributed by atoms with Crippen molar-refractivity contribution in [1.29, 1.82) is 0 Å². The van der Waals surface area contributed by atoms with Gasteiger partial charge in [0.05, 0.1) is 17.2 Å². The molecule has 3 rings (SSSR count). The third-order valence-electron chi connectivity index (χ3n) is 3.67. The molecular formula is C20H19ClN2O2S. The molecule has 1 heterocycles. The molecule has 1 amide bonds. The average Bonchev–Trinajstić information content (AvgIpc) is 2.88. The van der Waals surface area contributed by atoms with Crippen LogP contribution in [0.4, 0.5) is 5.69 Å². The Morgan fingerprint density at radius 2 is 2.04 bits per heavy atom. The number of thioether (sulfide) groups is 1. The second-order valence-corrected chi connectivity index (χ2v) is 7.22. The summed E-state index contributed by atoms with van der Waals surface area (Å²) >= 11 is 7.35. The molecule has 0 spiro atoms. The van der Waals surface area contributed by atoms with Gasteiger partial charge in [0.2, 0.25) is 0 Å². The van der Waals surface area contributed by atoms with Crippen LogP contribution in [-0.4, -0.2) is 29.6 Å². The van der Waals surface area contributed by atoms with Gasteiger partial charge < -0.3 is 4.74 Å². The Bertz CT molecular complexity index is 880. The summed E-state index contributed by atoms with van der Waals surface area (Å²) in [6.45, 7) is 2.74. The molecule has 4 nitrogen and oxygen atoms in total. The maximum Gasteiger partial charge on any atom is 0.266 e. The normalized spacial score (nSPS) is 17.3. The molecule has 26 heavy (non-hydrogen) atoms. The predicted octanol–water partition coefficient (Wildman–Crippen LogP) is 5.36. The van der Waals surface area contributed by atoms with Gasteiger partial charge in [0, 0.05) is 12.1 Å². The van der Waals surface area contributed by atoms with Crippen LogP contribution in [0, 0.1) is 0 Å². The number of carbonyl (C=O) groups is 1. The number of nitrogens with zero attached hydrogens (tertiary/aromatic N) is 2. The molecular weight excluding hydrogens is 368 g/mol. The van der Waals surface area contributed by atoms with E-state index < -0.39 is 0 Å². The number of amidine groups is 1. The summed E-state index contributed by atoms with van der Waals surface area (Å²) in [6, 6.07) is 15.0. The Labute approximate surface area is 162 Å². The first-order valence-corrected chi connectivity index (χ1v) is 9.51. The van der Waals surface area contributed by atoms with E-state index in [4.69, 9.17) is 16.3 Å². The predicted molar refractivity (Wildman–Crippen MR) is 109 cm³/mol. The Hall–Kier alpha value is -2.24. The van der Waals surface area contributed by atoms with E-state index in [-0.39, 0.29) is 5.91 Å². The van der Waals surface area contributed by atoms with Crippen LogP contribution in [0.5, 0.6) is 5.75 Å². The van der Waals surface area contributed by atoms with Crippen molar-refractivity contribution >= 4 is 46.2 Å². The molecule has 0 saturated carbocycles. The number of carbonyl (C=O) groups excluding carboxylic acids is 1. The second kappa shape index (κ2) is 8.43. The van der Waals surface area contributed by atoms with Crippen LogP contribution in [0.3, 0.4) is 0 Å². The van der Waals surface area contributed by atoms with Gasteiger partial charge in [0.1, 0.15) is 5.75 Å². The summed E-state index contributed by atoms with van der Waals surface area (Å²) < 4.78 is 5.65. The lowest BCUT2D eigenvalue weighted by atomic mass is 10.2. The van der Waals surface area contributed by atoms with Crippen LogP contribution in [0.1, 0.15) is 18.9 Å². The molecule has 2 aromatic carbocycles. The number of ether oxygens (including phenoxy) is 1. The first kappa shape index (κ1) is 18.5. The van der Waals surface area contributed by atoms with Crippen molar-refractivity contribution in [2.24, 2.45) is 4.99 Å². The van der Waals surface area contributed by atoms with Gasteiger partial charge in [-0.3, -0.25) is 9.69 Å². The van der Waals surface area contributed by atoms with E-state index >= 15 is 0 Å². The fourth-order valence-electron chi connectivity index (χ4n) is 2.37. The largest absolute Gasteiger partial charge is 0.494 e. The summed E-state index contributed by atoms with van der Waals surface area (Å²) in [6.07, 6.45) is 2.82. The highest BCUT2D eigenvalue weighted by Crippen LogP contribution is 2.33. The van der Waals surface area contributed by atoms with Gasteiger partial charge in [-0.1, -0.05) is 36.7 Å². The zero-order chi connectivity index (χ0) is 18.5. The molecule has 0 aromatic heterocycles. The summed E-state index contributed by atoms with van der Waals surface area (Å²) in [5.41, 5.74) is 1.64. The van der Waals surface area contributed by atoms with Crippen LogP contribution in [-0.2, 0) is 4.79 Å². The van der Waals surface area contributed by atoms with Crippen molar-refractivity contribution in [3.8, 4) is 5.75 Å². The molecule has 0 N–H and O–H groups in total. The van der Waals surface area contributed by atoms with Crippen molar-refractivity contribution in [3.05, 3.63) is 64.0 Å². The molecule has 0 atom stereocenters. The Morgan fingerprint density at radius 1 is 1.23 bits per heavy atom.